The Bertz CT molecular complexity index is 415. The van der Waals surface area contributed by atoms with E-state index >= 15 is 0 Å². The molecule has 0 atom stereocenters. The molecular weight excluding hydrogens is 248 g/mol. The number of carbonyl (C=O) groups is 1. The van der Waals surface area contributed by atoms with Gasteiger partial charge in [-0.3, -0.25) is 4.79 Å². The summed E-state index contributed by atoms with van der Waals surface area (Å²) in [6, 6.07) is 3.71. The summed E-state index contributed by atoms with van der Waals surface area (Å²) < 4.78 is 0. The van der Waals surface area contributed by atoms with Crippen LogP contribution in [0.15, 0.2) is 18.3 Å². The number of hydrogen-bond donors (Lipinski definition) is 0. The Morgan fingerprint density at radius 2 is 1.70 bits per heavy atom. The molecule has 0 aromatic carbocycles. The summed E-state index contributed by atoms with van der Waals surface area (Å²) in [6.07, 6.45) is 4.03. The number of Topliss-reactive ketones (excluding diaryl/α,β-unsaturated/α-hetero) is 1. The maximum atomic E-state index is 11.5. The monoisotopic (exact) mass is 276 g/mol. The molecule has 0 bridgehead atoms. The van der Waals surface area contributed by atoms with Crippen LogP contribution >= 0.6 is 0 Å². The maximum absolute atomic E-state index is 11.5. The topological polar surface area (TPSA) is 33.2 Å². The van der Waals surface area contributed by atoms with Crippen molar-refractivity contribution in [1.82, 2.24) is 4.98 Å². The van der Waals surface area contributed by atoms with Crippen molar-refractivity contribution in [1.29, 1.82) is 0 Å². The van der Waals surface area contributed by atoms with E-state index in [1.54, 1.807) is 19.2 Å². The smallest absolute Gasteiger partial charge is 0.159 e. The van der Waals surface area contributed by atoms with E-state index in [0.29, 0.717) is 11.8 Å². The predicted molar refractivity (Wildman–Crippen MR) is 85.4 cm³/mol. The number of carbonyl (C=O) groups excluding carboxylic acids is 1. The maximum Gasteiger partial charge on any atom is 0.159 e. The van der Waals surface area contributed by atoms with Crippen molar-refractivity contribution in [2.75, 3.05) is 18.0 Å². The third-order valence-corrected chi connectivity index (χ3v) is 3.43. The standard InChI is InChI=1S/C17H28N2O/c1-13(2)7-10-19(11-8-14(3)4)17-12-16(15(5)20)6-9-18-17/h6,9,12-14H,7-8,10-11H2,1-5H3. The van der Waals surface area contributed by atoms with E-state index in [0.717, 1.165) is 37.3 Å². The normalized spacial score (nSPS) is 11.2. The summed E-state index contributed by atoms with van der Waals surface area (Å²) in [5.41, 5.74) is 0.745. The zero-order valence-electron chi connectivity index (χ0n) is 13.5. The minimum absolute atomic E-state index is 0.0984. The number of pyridine rings is 1. The molecule has 20 heavy (non-hydrogen) atoms. The summed E-state index contributed by atoms with van der Waals surface area (Å²) in [4.78, 5) is 18.3. The molecule has 0 N–H and O–H groups in total. The third kappa shape index (κ3) is 5.72. The number of hydrogen-bond acceptors (Lipinski definition) is 3. The zero-order chi connectivity index (χ0) is 15.1. The van der Waals surface area contributed by atoms with Gasteiger partial charge in [0.25, 0.3) is 0 Å². The van der Waals surface area contributed by atoms with Gasteiger partial charge in [0.2, 0.25) is 0 Å². The Balaban J connectivity index is 2.84. The number of anilines is 1. The van der Waals surface area contributed by atoms with Crippen LogP contribution < -0.4 is 4.90 Å². The second kappa shape index (κ2) is 8.03. The van der Waals surface area contributed by atoms with Gasteiger partial charge in [-0.15, -0.1) is 0 Å². The molecule has 0 saturated carbocycles. The molecule has 0 spiro atoms. The van der Waals surface area contributed by atoms with E-state index in [1.807, 2.05) is 6.07 Å². The lowest BCUT2D eigenvalue weighted by atomic mass is 10.1. The van der Waals surface area contributed by atoms with E-state index in [9.17, 15) is 4.79 Å². The lowest BCUT2D eigenvalue weighted by molar-refractivity contribution is 0.101. The number of nitrogens with zero attached hydrogens (tertiary/aromatic N) is 2. The quantitative estimate of drug-likeness (QED) is 0.668. The molecule has 0 aliphatic heterocycles. The molecule has 0 saturated heterocycles. The van der Waals surface area contributed by atoms with Gasteiger partial charge in [-0.2, -0.15) is 0 Å². The van der Waals surface area contributed by atoms with E-state index in [4.69, 9.17) is 0 Å². The summed E-state index contributed by atoms with van der Waals surface area (Å²) in [5.74, 6) is 2.38. The van der Waals surface area contributed by atoms with Gasteiger partial charge in [0.05, 0.1) is 0 Å². The highest BCUT2D eigenvalue weighted by molar-refractivity contribution is 5.94. The molecule has 1 aromatic rings. The lowest BCUT2D eigenvalue weighted by Crippen LogP contribution is -2.28. The van der Waals surface area contributed by atoms with E-state index < -0.39 is 0 Å². The molecule has 0 fully saturated rings. The van der Waals surface area contributed by atoms with Crippen LogP contribution in [-0.2, 0) is 0 Å². The molecule has 1 heterocycles. The third-order valence-electron chi connectivity index (χ3n) is 3.43. The summed E-state index contributed by atoms with van der Waals surface area (Å²) in [6.45, 7) is 12.5. The predicted octanol–water partition coefficient (Wildman–Crippen LogP) is 4.18. The van der Waals surface area contributed by atoms with Crippen LogP contribution in [0.3, 0.4) is 0 Å². The summed E-state index contributed by atoms with van der Waals surface area (Å²) in [5, 5.41) is 0. The molecule has 112 valence electrons. The van der Waals surface area contributed by atoms with Gasteiger partial charge in [0.1, 0.15) is 5.82 Å². The molecule has 1 rings (SSSR count). The van der Waals surface area contributed by atoms with E-state index in [-0.39, 0.29) is 5.78 Å². The van der Waals surface area contributed by atoms with Crippen LogP contribution in [0.2, 0.25) is 0 Å². The highest BCUT2D eigenvalue weighted by Gasteiger charge is 2.11. The highest BCUT2D eigenvalue weighted by atomic mass is 16.1. The fourth-order valence-corrected chi connectivity index (χ4v) is 1.98. The Kier molecular flexibility index (Phi) is 6.69. The van der Waals surface area contributed by atoms with Crippen LogP contribution in [0.4, 0.5) is 5.82 Å². The molecule has 0 aliphatic carbocycles. The summed E-state index contributed by atoms with van der Waals surface area (Å²) >= 11 is 0. The van der Waals surface area contributed by atoms with Gasteiger partial charge in [-0.05, 0) is 43.7 Å². The van der Waals surface area contributed by atoms with Crippen LogP contribution in [0.5, 0.6) is 0 Å². The van der Waals surface area contributed by atoms with Crippen LogP contribution in [-0.4, -0.2) is 23.9 Å². The van der Waals surface area contributed by atoms with Crippen molar-refractivity contribution in [2.24, 2.45) is 11.8 Å². The molecule has 0 unspecified atom stereocenters. The Hall–Kier alpha value is -1.38. The Morgan fingerprint density at radius 3 is 2.15 bits per heavy atom. The first-order valence-corrected chi connectivity index (χ1v) is 7.62. The van der Waals surface area contributed by atoms with Crippen LogP contribution in [0, 0.1) is 11.8 Å². The molecule has 0 amide bonds. The Labute approximate surface area is 123 Å². The van der Waals surface area contributed by atoms with Crippen LogP contribution in [0.1, 0.15) is 57.8 Å². The van der Waals surface area contributed by atoms with Crippen molar-refractivity contribution in [3.05, 3.63) is 23.9 Å². The first-order valence-electron chi connectivity index (χ1n) is 7.62. The van der Waals surface area contributed by atoms with Crippen molar-refractivity contribution < 1.29 is 4.79 Å². The van der Waals surface area contributed by atoms with Gasteiger partial charge in [0, 0.05) is 24.8 Å². The van der Waals surface area contributed by atoms with Gasteiger partial charge < -0.3 is 4.90 Å². The average Bonchev–Trinajstić information content (AvgIpc) is 2.38. The molecule has 1 aromatic heterocycles. The van der Waals surface area contributed by atoms with E-state index in [2.05, 4.69) is 37.6 Å². The fourth-order valence-electron chi connectivity index (χ4n) is 1.98. The minimum atomic E-state index is 0.0984. The first-order chi connectivity index (χ1) is 9.40. The second-order valence-corrected chi connectivity index (χ2v) is 6.31. The highest BCUT2D eigenvalue weighted by Crippen LogP contribution is 2.17. The van der Waals surface area contributed by atoms with Crippen molar-refractivity contribution >= 4 is 11.6 Å². The zero-order valence-corrected chi connectivity index (χ0v) is 13.5. The van der Waals surface area contributed by atoms with Crippen molar-refractivity contribution in [3.63, 3.8) is 0 Å². The largest absolute Gasteiger partial charge is 0.357 e. The SMILES string of the molecule is CC(=O)c1ccnc(N(CCC(C)C)CCC(C)C)c1. The molecule has 0 radical (unpaired) electrons. The van der Waals surface area contributed by atoms with Crippen molar-refractivity contribution in [3.8, 4) is 0 Å². The van der Waals surface area contributed by atoms with Crippen LogP contribution in [0.25, 0.3) is 0 Å². The lowest BCUT2D eigenvalue weighted by Gasteiger charge is -2.25. The van der Waals surface area contributed by atoms with Gasteiger partial charge in [0.15, 0.2) is 5.78 Å². The number of aromatic nitrogens is 1. The van der Waals surface area contributed by atoms with Gasteiger partial charge in [-0.1, -0.05) is 27.7 Å². The minimum Gasteiger partial charge on any atom is -0.357 e. The van der Waals surface area contributed by atoms with Gasteiger partial charge >= 0.3 is 0 Å². The number of rotatable bonds is 8. The number of ketones is 1. The molecule has 3 heteroatoms. The molecule has 0 aliphatic rings. The fraction of sp³-hybridized carbons (Fsp3) is 0.647. The Morgan fingerprint density at radius 1 is 1.15 bits per heavy atom. The van der Waals surface area contributed by atoms with Gasteiger partial charge in [-0.25, -0.2) is 4.98 Å². The first kappa shape index (κ1) is 16.7. The van der Waals surface area contributed by atoms with E-state index in [1.165, 1.54) is 0 Å². The second-order valence-electron chi connectivity index (χ2n) is 6.31. The average molecular weight is 276 g/mol. The van der Waals surface area contributed by atoms with Crippen molar-refractivity contribution in [2.45, 2.75) is 47.5 Å². The molecular formula is C17H28N2O. The molecule has 3 nitrogen and oxygen atoms in total. The summed E-state index contributed by atoms with van der Waals surface area (Å²) in [7, 11) is 0.